The van der Waals surface area contributed by atoms with E-state index in [1.807, 2.05) is 50.8 Å². The number of alkyl halides is 1. The predicted molar refractivity (Wildman–Crippen MR) is 171 cm³/mol. The fraction of sp³-hybridized carbons (Fsp3) is 0.459. The first kappa shape index (κ1) is 33.5. The maximum absolute atomic E-state index is 16.0. The van der Waals surface area contributed by atoms with Crippen LogP contribution in [0.2, 0.25) is 0 Å². The number of halogens is 3. The molecule has 0 unspecified atom stereocenters. The van der Waals surface area contributed by atoms with Crippen molar-refractivity contribution in [3.63, 3.8) is 0 Å². The van der Waals surface area contributed by atoms with Gasteiger partial charge in [0.2, 0.25) is 5.88 Å². The molecule has 0 N–H and O–H groups in total. The van der Waals surface area contributed by atoms with E-state index in [0.29, 0.717) is 30.8 Å². The number of hydrogen-bond acceptors (Lipinski definition) is 6. The third kappa shape index (κ3) is 8.10. The molecular weight excluding hydrogens is 593 g/mol. The molecule has 2 aromatic carbocycles. The highest BCUT2D eigenvalue weighted by Gasteiger charge is 2.43. The van der Waals surface area contributed by atoms with Crippen LogP contribution in [0.5, 0.6) is 11.6 Å². The molecule has 0 saturated carbocycles. The zero-order valence-corrected chi connectivity index (χ0v) is 27.5. The molecule has 9 heteroatoms. The molecule has 246 valence electrons. The quantitative estimate of drug-likeness (QED) is 0.156. The molecule has 0 bridgehead atoms. The predicted octanol–water partition coefficient (Wildman–Crippen LogP) is 8.33. The summed E-state index contributed by atoms with van der Waals surface area (Å²) in [5.74, 6) is -1.40. The van der Waals surface area contributed by atoms with E-state index in [1.165, 1.54) is 26.0 Å². The van der Waals surface area contributed by atoms with Crippen LogP contribution in [0, 0.1) is 11.6 Å². The van der Waals surface area contributed by atoms with Gasteiger partial charge in [-0.25, -0.2) is 18.2 Å². The van der Waals surface area contributed by atoms with Gasteiger partial charge in [-0.2, -0.15) is 0 Å². The summed E-state index contributed by atoms with van der Waals surface area (Å²) in [5.41, 5.74) is 2.55. The van der Waals surface area contributed by atoms with Crippen LogP contribution in [0.25, 0.3) is 5.57 Å². The van der Waals surface area contributed by atoms with Gasteiger partial charge in [0.1, 0.15) is 35.3 Å². The van der Waals surface area contributed by atoms with Crippen LogP contribution in [0.4, 0.5) is 13.2 Å². The molecule has 1 aliphatic carbocycles. The lowest BCUT2D eigenvalue weighted by atomic mass is 9.84. The number of esters is 1. The summed E-state index contributed by atoms with van der Waals surface area (Å²) < 4.78 is 63.8. The minimum Gasteiger partial charge on any atom is -0.487 e. The average Bonchev–Trinajstić information content (AvgIpc) is 3.32. The third-order valence-corrected chi connectivity index (χ3v) is 8.09. The molecule has 5 rings (SSSR count). The Morgan fingerprint density at radius 1 is 1.00 bits per heavy atom. The van der Waals surface area contributed by atoms with Crippen LogP contribution >= 0.6 is 0 Å². The second-order valence-corrected chi connectivity index (χ2v) is 13.8. The number of aromatic nitrogens is 1. The van der Waals surface area contributed by atoms with E-state index in [9.17, 15) is 4.79 Å². The Morgan fingerprint density at radius 3 is 2.41 bits per heavy atom. The first-order valence-electron chi connectivity index (χ1n) is 15.9. The summed E-state index contributed by atoms with van der Waals surface area (Å²) >= 11 is 0. The Morgan fingerprint density at radius 2 is 1.72 bits per heavy atom. The molecule has 3 aromatic rings. The van der Waals surface area contributed by atoms with Crippen molar-refractivity contribution < 1.29 is 32.2 Å². The van der Waals surface area contributed by atoms with Crippen LogP contribution in [0.1, 0.15) is 89.2 Å². The van der Waals surface area contributed by atoms with Crippen molar-refractivity contribution in [2.45, 2.75) is 97.2 Å². The zero-order chi connectivity index (χ0) is 33.2. The van der Waals surface area contributed by atoms with Crippen molar-refractivity contribution >= 4 is 11.5 Å². The maximum Gasteiger partial charge on any atom is 0.306 e. The summed E-state index contributed by atoms with van der Waals surface area (Å²) in [6.07, 6.45) is 1.94. The van der Waals surface area contributed by atoms with Crippen molar-refractivity contribution in [3.05, 3.63) is 94.2 Å². The number of rotatable bonds is 11. The van der Waals surface area contributed by atoms with Gasteiger partial charge in [-0.15, -0.1) is 0 Å². The summed E-state index contributed by atoms with van der Waals surface area (Å²) in [7, 11) is 0. The highest BCUT2D eigenvalue weighted by Crippen LogP contribution is 2.50. The monoisotopic (exact) mass is 636 g/mol. The van der Waals surface area contributed by atoms with Crippen molar-refractivity contribution in [3.8, 4) is 11.6 Å². The van der Waals surface area contributed by atoms with Gasteiger partial charge in [-0.05, 0) is 89.1 Å². The fourth-order valence-electron chi connectivity index (χ4n) is 6.31. The van der Waals surface area contributed by atoms with Gasteiger partial charge in [0.15, 0.2) is 0 Å². The van der Waals surface area contributed by atoms with E-state index >= 15 is 13.2 Å². The minimum atomic E-state index is -1.56. The van der Waals surface area contributed by atoms with E-state index < -0.39 is 28.9 Å². The third-order valence-electron chi connectivity index (χ3n) is 8.09. The topological polar surface area (TPSA) is 60.9 Å². The molecule has 0 spiro atoms. The van der Waals surface area contributed by atoms with Gasteiger partial charge >= 0.3 is 5.97 Å². The van der Waals surface area contributed by atoms with E-state index in [1.54, 1.807) is 18.2 Å². The van der Waals surface area contributed by atoms with Gasteiger partial charge < -0.3 is 14.2 Å². The molecule has 0 amide bonds. The van der Waals surface area contributed by atoms with Crippen LogP contribution in [-0.4, -0.2) is 46.3 Å². The summed E-state index contributed by atoms with van der Waals surface area (Å²) in [6, 6.07) is 14.7. The van der Waals surface area contributed by atoms with E-state index in [4.69, 9.17) is 14.2 Å². The molecule has 0 radical (unpaired) electrons. The SMILES string of the molecule is C[C@@H]1CC2=C(Cc3ccccc32)[C@@H](c2c(F)cc(OCc3cccc(OCCCC(=O)OC(C)(C)C)n3)cc2F)N1CC(C)(C)F. The number of carbonyl (C=O) groups is 1. The van der Waals surface area contributed by atoms with Gasteiger partial charge in [0, 0.05) is 42.8 Å². The summed E-state index contributed by atoms with van der Waals surface area (Å²) in [5, 5.41) is 0. The van der Waals surface area contributed by atoms with Gasteiger partial charge in [-0.3, -0.25) is 9.69 Å². The Labute approximate surface area is 269 Å². The van der Waals surface area contributed by atoms with Gasteiger partial charge in [0.05, 0.1) is 18.3 Å². The summed E-state index contributed by atoms with van der Waals surface area (Å²) in [6.45, 7) is 10.7. The number of benzene rings is 2. The number of nitrogens with zero attached hydrogens (tertiary/aromatic N) is 2. The molecule has 1 aromatic heterocycles. The average molecular weight is 637 g/mol. The number of fused-ring (bicyclic) bond motifs is 2. The molecule has 2 heterocycles. The normalized spacial score (nSPS) is 18.3. The van der Waals surface area contributed by atoms with E-state index in [0.717, 1.165) is 22.3 Å². The molecule has 0 fully saturated rings. The second-order valence-electron chi connectivity index (χ2n) is 13.8. The standard InChI is InChI=1S/C37H43F3N2O4/c1-23-17-28-27-13-8-7-11-24(27)18-29(28)35(42(23)22-37(5,6)40)34-30(38)19-26(20-31(34)39)45-21-25-12-9-14-32(41-25)44-16-10-15-33(43)46-36(2,3)4/h7-9,11-14,19-20,23,35H,10,15-18,21-22H2,1-6H3/t23-,35+/m1/s1. The lowest BCUT2D eigenvalue weighted by Gasteiger charge is -2.44. The zero-order valence-electron chi connectivity index (χ0n) is 27.5. The lowest BCUT2D eigenvalue weighted by Crippen LogP contribution is -2.47. The smallest absolute Gasteiger partial charge is 0.306 e. The Hall–Kier alpha value is -3.85. The molecule has 0 saturated heterocycles. The van der Waals surface area contributed by atoms with Crippen molar-refractivity contribution in [1.82, 2.24) is 9.88 Å². The Balaban J connectivity index is 1.30. The largest absolute Gasteiger partial charge is 0.487 e. The molecular formula is C37H43F3N2O4. The van der Waals surface area contributed by atoms with Crippen molar-refractivity contribution in [2.75, 3.05) is 13.2 Å². The van der Waals surface area contributed by atoms with Crippen molar-refractivity contribution in [2.24, 2.45) is 0 Å². The fourth-order valence-corrected chi connectivity index (χ4v) is 6.31. The van der Waals surface area contributed by atoms with Gasteiger partial charge in [0.25, 0.3) is 0 Å². The maximum atomic E-state index is 16.0. The molecule has 2 aliphatic rings. The first-order valence-corrected chi connectivity index (χ1v) is 15.9. The van der Waals surface area contributed by atoms with E-state index in [-0.39, 0.29) is 49.5 Å². The number of hydrogen-bond donors (Lipinski definition) is 0. The van der Waals surface area contributed by atoms with Crippen LogP contribution in [0.15, 0.2) is 60.2 Å². The minimum absolute atomic E-state index is 0.0226. The second kappa shape index (κ2) is 13.5. The van der Waals surface area contributed by atoms with E-state index in [2.05, 4.69) is 11.1 Å². The molecule has 2 atom stereocenters. The van der Waals surface area contributed by atoms with Crippen LogP contribution in [-0.2, 0) is 22.6 Å². The lowest BCUT2D eigenvalue weighted by molar-refractivity contribution is -0.155. The van der Waals surface area contributed by atoms with Crippen LogP contribution < -0.4 is 9.47 Å². The number of pyridine rings is 1. The number of carbonyl (C=O) groups excluding carboxylic acids is 1. The summed E-state index contributed by atoms with van der Waals surface area (Å²) in [4.78, 5) is 18.2. The molecule has 6 nitrogen and oxygen atoms in total. The highest BCUT2D eigenvalue weighted by atomic mass is 19.1. The molecule has 1 aliphatic heterocycles. The van der Waals surface area contributed by atoms with Crippen LogP contribution in [0.3, 0.4) is 0 Å². The Bertz CT molecular complexity index is 1590. The Kier molecular flexibility index (Phi) is 9.82. The first-order chi connectivity index (χ1) is 21.7. The molecule has 46 heavy (non-hydrogen) atoms. The highest BCUT2D eigenvalue weighted by molar-refractivity contribution is 5.79. The van der Waals surface area contributed by atoms with Crippen molar-refractivity contribution in [1.29, 1.82) is 0 Å². The number of ether oxygens (including phenoxy) is 3. The van der Waals surface area contributed by atoms with Gasteiger partial charge in [-0.1, -0.05) is 30.3 Å².